The molecule has 2 aliphatic rings. The van der Waals surface area contributed by atoms with Crippen molar-refractivity contribution >= 4 is 50.0 Å². The van der Waals surface area contributed by atoms with E-state index in [4.69, 9.17) is 9.47 Å². The van der Waals surface area contributed by atoms with E-state index in [1.807, 2.05) is 86.9 Å². The topological polar surface area (TPSA) is 197 Å². The van der Waals surface area contributed by atoms with E-state index in [2.05, 4.69) is 34.9 Å². The number of hydrogen-bond acceptors (Lipinski definition) is 15. The quantitative estimate of drug-likeness (QED) is 0.166. The van der Waals surface area contributed by atoms with Crippen LogP contribution in [0.5, 0.6) is 17.2 Å². The number of benzene rings is 1. The normalized spacial score (nSPS) is 13.2. The molecule has 0 atom stereocenters. The Morgan fingerprint density at radius 3 is 1.61 bits per heavy atom. The number of para-hydroxylation sites is 1. The van der Waals surface area contributed by atoms with E-state index >= 15 is 0 Å². The predicted molar refractivity (Wildman–Crippen MR) is 239 cm³/mol. The van der Waals surface area contributed by atoms with Crippen molar-refractivity contribution in [2.45, 2.75) is 34.6 Å². The smallest absolute Gasteiger partial charge is 0.257 e. The van der Waals surface area contributed by atoms with Crippen LogP contribution in [0.25, 0.3) is 38.4 Å². The lowest BCUT2D eigenvalue weighted by atomic mass is 10.2. The Hall–Kier alpha value is -7.04. The Kier molecular flexibility index (Phi) is 16.9. The fourth-order valence-corrected chi connectivity index (χ4v) is 6.25. The molecule has 61 heavy (non-hydrogen) atoms. The van der Waals surface area contributed by atoms with E-state index in [0.29, 0.717) is 54.6 Å². The van der Waals surface area contributed by atoms with Crippen molar-refractivity contribution in [1.29, 1.82) is 0 Å². The molecular weight excluding hydrogens is 777 g/mol. The summed E-state index contributed by atoms with van der Waals surface area (Å²) in [6.45, 7) is 15.6. The van der Waals surface area contributed by atoms with Crippen LogP contribution in [0, 0.1) is 6.92 Å². The standard InChI is InChI=1S/2C12H13N3O2.C9H8N2O.C8H6N2O.2C2H6/c2*16-11-10-9(2-1-3-13-10)8-14-12(11)15-4-6-17-7-5-15;1-7-3-2-6-11-8(12)4-5-10-9(7)11;11-7-3-1-2-6-4-9-5-10-8(6)7;2*1-2/h2*1-3,8,16H,4-7H2;2-6H,1H3;1-5,11H;2*1-2H3. The fourth-order valence-electron chi connectivity index (χ4n) is 6.25. The van der Waals surface area contributed by atoms with Crippen molar-refractivity contribution < 1.29 is 24.8 Å². The molecule has 10 rings (SSSR count). The zero-order valence-corrected chi connectivity index (χ0v) is 35.1. The first-order valence-corrected chi connectivity index (χ1v) is 20.2. The molecule has 0 amide bonds. The van der Waals surface area contributed by atoms with Crippen LogP contribution in [-0.4, -0.2) is 107 Å². The Bertz CT molecular complexity index is 2570. The highest BCUT2D eigenvalue weighted by Gasteiger charge is 2.19. The molecule has 0 unspecified atom stereocenters. The summed E-state index contributed by atoms with van der Waals surface area (Å²) in [6.07, 6.45) is 13.2. The summed E-state index contributed by atoms with van der Waals surface area (Å²) in [5.41, 5.74) is 3.50. The van der Waals surface area contributed by atoms with Gasteiger partial charge in [-0.3, -0.25) is 19.2 Å². The molecule has 0 radical (unpaired) electrons. The second kappa shape index (κ2) is 22.9. The van der Waals surface area contributed by atoms with Crippen molar-refractivity contribution in [2.75, 3.05) is 62.4 Å². The first-order chi connectivity index (χ1) is 29.9. The number of phenols is 1. The number of morpholine rings is 2. The SMILES string of the molecule is CC.CC.Cc1cccn2c(=O)ccnc12.Oc1c(N2CCOCC2)ncc2cccnc12.Oc1c(N2CCOCC2)ncc2cccnc12.Oc1cccc2cncnc12. The predicted octanol–water partition coefficient (Wildman–Crippen LogP) is 6.73. The largest absolute Gasteiger partial charge is 0.506 e. The van der Waals surface area contributed by atoms with Crippen molar-refractivity contribution in [3.63, 3.8) is 0 Å². The third kappa shape index (κ3) is 11.4. The molecule has 2 saturated heterocycles. The molecule has 0 aliphatic carbocycles. The van der Waals surface area contributed by atoms with Crippen LogP contribution in [0.2, 0.25) is 0 Å². The fraction of sp³-hybridized carbons (Fsp3) is 0.289. The Morgan fingerprint density at radius 1 is 0.557 bits per heavy atom. The van der Waals surface area contributed by atoms with Gasteiger partial charge in [-0.05, 0) is 48.9 Å². The molecular formula is C45H52N10O6. The zero-order chi connectivity index (χ0) is 43.6. The van der Waals surface area contributed by atoms with Gasteiger partial charge in [-0.2, -0.15) is 0 Å². The molecule has 7 aromatic heterocycles. The molecule has 16 heteroatoms. The molecule has 2 aliphatic heterocycles. The van der Waals surface area contributed by atoms with E-state index in [9.17, 15) is 20.1 Å². The van der Waals surface area contributed by atoms with E-state index < -0.39 is 0 Å². The van der Waals surface area contributed by atoms with Crippen LogP contribution in [0.15, 0.2) is 115 Å². The van der Waals surface area contributed by atoms with Crippen LogP contribution < -0.4 is 15.4 Å². The second-order valence-electron chi connectivity index (χ2n) is 12.8. The third-order valence-corrected chi connectivity index (χ3v) is 9.15. The number of rotatable bonds is 2. The van der Waals surface area contributed by atoms with Crippen LogP contribution in [-0.2, 0) is 9.47 Å². The minimum atomic E-state index is -0.0382. The van der Waals surface area contributed by atoms with Crippen molar-refractivity contribution in [3.05, 3.63) is 126 Å². The Balaban J connectivity index is 0.000000152. The summed E-state index contributed by atoms with van der Waals surface area (Å²) < 4.78 is 12.1. The molecule has 0 bridgehead atoms. The van der Waals surface area contributed by atoms with Crippen LogP contribution in [0.1, 0.15) is 33.3 Å². The molecule has 0 saturated carbocycles. The molecule has 318 valence electrons. The van der Waals surface area contributed by atoms with E-state index in [0.717, 1.165) is 53.5 Å². The van der Waals surface area contributed by atoms with Gasteiger partial charge in [-0.25, -0.2) is 24.9 Å². The van der Waals surface area contributed by atoms with Gasteiger partial charge < -0.3 is 34.6 Å². The highest BCUT2D eigenvalue weighted by Crippen LogP contribution is 2.32. The average molecular weight is 829 g/mol. The van der Waals surface area contributed by atoms with Crippen LogP contribution in [0.3, 0.4) is 0 Å². The molecule has 8 aromatic rings. The maximum Gasteiger partial charge on any atom is 0.257 e. The Labute approximate surface area is 353 Å². The van der Waals surface area contributed by atoms with Crippen LogP contribution >= 0.6 is 0 Å². The summed E-state index contributed by atoms with van der Waals surface area (Å²) in [4.78, 5) is 44.1. The van der Waals surface area contributed by atoms with Crippen molar-refractivity contribution in [1.82, 2.24) is 39.3 Å². The zero-order valence-electron chi connectivity index (χ0n) is 35.1. The van der Waals surface area contributed by atoms with Crippen LogP contribution in [0.4, 0.5) is 11.6 Å². The highest BCUT2D eigenvalue weighted by molar-refractivity contribution is 5.88. The number of anilines is 2. The van der Waals surface area contributed by atoms with Gasteiger partial charge >= 0.3 is 0 Å². The average Bonchev–Trinajstić information content (AvgIpc) is 3.33. The third-order valence-electron chi connectivity index (χ3n) is 9.15. The summed E-state index contributed by atoms with van der Waals surface area (Å²) in [5, 5.41) is 32.2. The number of hydrogen-bond donors (Lipinski definition) is 3. The molecule has 16 nitrogen and oxygen atoms in total. The monoisotopic (exact) mass is 828 g/mol. The van der Waals surface area contributed by atoms with Gasteiger partial charge in [0.25, 0.3) is 5.56 Å². The first kappa shape index (κ1) is 45.1. The maximum atomic E-state index is 11.3. The minimum absolute atomic E-state index is 0.0382. The first-order valence-electron chi connectivity index (χ1n) is 20.2. The summed E-state index contributed by atoms with van der Waals surface area (Å²) in [7, 11) is 0. The van der Waals surface area contributed by atoms with Gasteiger partial charge in [-0.15, -0.1) is 0 Å². The lowest BCUT2D eigenvalue weighted by Crippen LogP contribution is -2.36. The molecule has 9 heterocycles. The van der Waals surface area contributed by atoms with E-state index in [1.54, 1.807) is 49.3 Å². The number of aromatic hydroxyl groups is 3. The number of ether oxygens (including phenoxy) is 2. The van der Waals surface area contributed by atoms with E-state index in [-0.39, 0.29) is 22.8 Å². The van der Waals surface area contributed by atoms with Crippen molar-refractivity contribution in [2.24, 2.45) is 0 Å². The van der Waals surface area contributed by atoms with Gasteiger partial charge in [0.15, 0.2) is 23.1 Å². The Morgan fingerprint density at radius 2 is 1.08 bits per heavy atom. The molecule has 3 N–H and O–H groups in total. The molecule has 0 spiro atoms. The summed E-state index contributed by atoms with van der Waals surface area (Å²) in [6, 6.07) is 17.9. The summed E-state index contributed by atoms with van der Waals surface area (Å²) >= 11 is 0. The number of phenolic OH excluding ortho intramolecular Hbond substituents is 1. The highest BCUT2D eigenvalue weighted by atomic mass is 16.5. The minimum Gasteiger partial charge on any atom is -0.506 e. The number of nitrogens with zero attached hydrogens (tertiary/aromatic N) is 10. The van der Waals surface area contributed by atoms with Crippen molar-refractivity contribution in [3.8, 4) is 17.2 Å². The number of fused-ring (bicyclic) bond motifs is 4. The molecule has 1 aromatic carbocycles. The van der Waals surface area contributed by atoms with Gasteiger partial charge in [0.1, 0.15) is 34.3 Å². The van der Waals surface area contributed by atoms with Gasteiger partial charge in [0, 0.05) is 91.8 Å². The van der Waals surface area contributed by atoms with Gasteiger partial charge in [-0.1, -0.05) is 45.9 Å². The van der Waals surface area contributed by atoms with Gasteiger partial charge in [0.05, 0.1) is 26.4 Å². The lowest BCUT2D eigenvalue weighted by molar-refractivity contribution is 0.122. The molecule has 2 fully saturated rings. The number of aromatic nitrogens is 8. The summed E-state index contributed by atoms with van der Waals surface area (Å²) in [5.74, 6) is 1.71. The maximum absolute atomic E-state index is 11.3. The number of pyridine rings is 5. The number of aryl methyl sites for hydroxylation is 1. The van der Waals surface area contributed by atoms with E-state index in [1.165, 1.54) is 23.0 Å². The second-order valence-corrected chi connectivity index (χ2v) is 12.8. The lowest BCUT2D eigenvalue weighted by Gasteiger charge is -2.28. The van der Waals surface area contributed by atoms with Gasteiger partial charge in [0.2, 0.25) is 0 Å².